The van der Waals surface area contributed by atoms with Crippen molar-refractivity contribution >= 4 is 17.8 Å². The van der Waals surface area contributed by atoms with Gasteiger partial charge in [0, 0.05) is 13.6 Å². The molecule has 0 heterocycles. The van der Waals surface area contributed by atoms with Crippen molar-refractivity contribution in [3.63, 3.8) is 0 Å². The first-order chi connectivity index (χ1) is 7.88. The molecule has 2 amide bonds. The van der Waals surface area contributed by atoms with Crippen molar-refractivity contribution in [3.05, 3.63) is 0 Å². The number of amides is 2. The summed E-state index contributed by atoms with van der Waals surface area (Å²) < 4.78 is 0. The number of carbonyl (C=O) groups excluding carboxylic acids is 2. The predicted octanol–water partition coefficient (Wildman–Crippen LogP) is -0.310. The van der Waals surface area contributed by atoms with Gasteiger partial charge in [0.25, 0.3) is 0 Å². The average Bonchev–Trinajstić information content (AvgIpc) is 3.06. The third-order valence-corrected chi connectivity index (χ3v) is 3.02. The van der Waals surface area contributed by atoms with Crippen molar-refractivity contribution in [2.75, 3.05) is 13.6 Å². The minimum absolute atomic E-state index is 0.173. The summed E-state index contributed by atoms with van der Waals surface area (Å²) in [5, 5.41) is 11.2. The summed E-state index contributed by atoms with van der Waals surface area (Å²) in [4.78, 5) is 35.4. The van der Waals surface area contributed by atoms with Gasteiger partial charge in [0.2, 0.25) is 11.8 Å². The maximum Gasteiger partial charge on any atom is 0.307 e. The van der Waals surface area contributed by atoms with Crippen LogP contribution in [0.3, 0.4) is 0 Å². The second kappa shape index (κ2) is 5.16. The molecule has 0 aliphatic heterocycles. The SMILES string of the molecule is CCN(C)C(=O)C(C)NC(=O)[C@@H]1C[C@@H]1C(=O)O. The van der Waals surface area contributed by atoms with Crippen molar-refractivity contribution in [3.8, 4) is 0 Å². The number of nitrogens with one attached hydrogen (secondary N) is 1. The van der Waals surface area contributed by atoms with Crippen LogP contribution in [0.15, 0.2) is 0 Å². The van der Waals surface area contributed by atoms with Crippen LogP contribution in [0.25, 0.3) is 0 Å². The van der Waals surface area contributed by atoms with Crippen LogP contribution in [0.5, 0.6) is 0 Å². The Labute approximate surface area is 100.0 Å². The van der Waals surface area contributed by atoms with E-state index in [4.69, 9.17) is 5.11 Å². The Hall–Kier alpha value is -1.59. The smallest absolute Gasteiger partial charge is 0.307 e. The molecule has 1 fully saturated rings. The molecule has 1 aliphatic rings. The molecule has 2 N–H and O–H groups in total. The summed E-state index contributed by atoms with van der Waals surface area (Å²) in [6.45, 7) is 4.01. The zero-order valence-electron chi connectivity index (χ0n) is 10.3. The van der Waals surface area contributed by atoms with E-state index in [0.717, 1.165) is 0 Å². The third-order valence-electron chi connectivity index (χ3n) is 3.02. The van der Waals surface area contributed by atoms with Gasteiger partial charge in [0.1, 0.15) is 6.04 Å². The molecular weight excluding hydrogens is 224 g/mol. The number of hydrogen-bond donors (Lipinski definition) is 2. The molecule has 6 heteroatoms. The summed E-state index contributed by atoms with van der Waals surface area (Å²) >= 11 is 0. The molecule has 3 atom stereocenters. The molecule has 96 valence electrons. The first-order valence-electron chi connectivity index (χ1n) is 5.66. The summed E-state index contributed by atoms with van der Waals surface area (Å²) in [5.74, 6) is -2.53. The van der Waals surface area contributed by atoms with Crippen molar-refractivity contribution in [2.24, 2.45) is 11.8 Å². The Balaban J connectivity index is 2.42. The van der Waals surface area contributed by atoms with Gasteiger partial charge < -0.3 is 15.3 Å². The molecule has 1 aliphatic carbocycles. The summed E-state index contributed by atoms with van der Waals surface area (Å²) in [6.07, 6.45) is 0.367. The zero-order chi connectivity index (χ0) is 13.2. The van der Waals surface area contributed by atoms with E-state index in [9.17, 15) is 14.4 Å². The van der Waals surface area contributed by atoms with Crippen LogP contribution in [0.2, 0.25) is 0 Å². The van der Waals surface area contributed by atoms with Crippen LogP contribution >= 0.6 is 0 Å². The molecule has 0 spiro atoms. The maximum absolute atomic E-state index is 11.7. The Morgan fingerprint density at radius 2 is 2.00 bits per heavy atom. The molecule has 0 radical (unpaired) electrons. The van der Waals surface area contributed by atoms with Gasteiger partial charge in [-0.1, -0.05) is 0 Å². The van der Waals surface area contributed by atoms with Crippen LogP contribution in [0.1, 0.15) is 20.3 Å². The van der Waals surface area contributed by atoms with Crippen LogP contribution in [-0.2, 0) is 14.4 Å². The van der Waals surface area contributed by atoms with Gasteiger partial charge in [0.15, 0.2) is 0 Å². The Morgan fingerprint density at radius 3 is 2.41 bits per heavy atom. The van der Waals surface area contributed by atoms with E-state index in [2.05, 4.69) is 5.32 Å². The van der Waals surface area contributed by atoms with Crippen LogP contribution < -0.4 is 5.32 Å². The lowest BCUT2D eigenvalue weighted by molar-refractivity contribution is -0.140. The zero-order valence-corrected chi connectivity index (χ0v) is 10.3. The lowest BCUT2D eigenvalue weighted by atomic mass is 10.2. The van der Waals surface area contributed by atoms with Crippen LogP contribution in [0, 0.1) is 11.8 Å². The third kappa shape index (κ3) is 3.18. The Kier molecular flexibility index (Phi) is 4.09. The van der Waals surface area contributed by atoms with Crippen molar-refractivity contribution in [2.45, 2.75) is 26.3 Å². The molecule has 1 unspecified atom stereocenters. The number of likely N-dealkylation sites (N-methyl/N-ethyl adjacent to an activating group) is 1. The molecule has 0 aromatic heterocycles. The maximum atomic E-state index is 11.7. The van der Waals surface area contributed by atoms with Gasteiger partial charge >= 0.3 is 5.97 Å². The highest BCUT2D eigenvalue weighted by molar-refractivity contribution is 5.92. The number of rotatable bonds is 5. The first kappa shape index (κ1) is 13.5. The quantitative estimate of drug-likeness (QED) is 0.692. The topological polar surface area (TPSA) is 86.7 Å². The van der Waals surface area contributed by atoms with Gasteiger partial charge in [-0.25, -0.2) is 0 Å². The molecule has 0 aromatic carbocycles. The summed E-state index contributed by atoms with van der Waals surface area (Å²) in [7, 11) is 1.65. The molecule has 0 aromatic rings. The van der Waals surface area contributed by atoms with E-state index in [1.54, 1.807) is 14.0 Å². The molecule has 1 saturated carbocycles. The van der Waals surface area contributed by atoms with Crippen LogP contribution in [0.4, 0.5) is 0 Å². The normalized spacial score (nSPS) is 23.7. The Bertz CT molecular complexity index is 342. The molecule has 6 nitrogen and oxygen atoms in total. The fraction of sp³-hybridized carbons (Fsp3) is 0.727. The van der Waals surface area contributed by atoms with Crippen molar-refractivity contribution in [1.82, 2.24) is 10.2 Å². The highest BCUT2D eigenvalue weighted by atomic mass is 16.4. The van der Waals surface area contributed by atoms with E-state index >= 15 is 0 Å². The second-order valence-corrected chi connectivity index (χ2v) is 4.37. The fourth-order valence-electron chi connectivity index (χ4n) is 1.63. The summed E-state index contributed by atoms with van der Waals surface area (Å²) in [5.41, 5.74) is 0. The van der Waals surface area contributed by atoms with Crippen LogP contribution in [-0.4, -0.2) is 47.4 Å². The number of carboxylic acids is 1. The second-order valence-electron chi connectivity index (χ2n) is 4.37. The minimum Gasteiger partial charge on any atom is -0.481 e. The lowest BCUT2D eigenvalue weighted by Gasteiger charge is -2.20. The van der Waals surface area contributed by atoms with Crippen molar-refractivity contribution in [1.29, 1.82) is 0 Å². The monoisotopic (exact) mass is 242 g/mol. The summed E-state index contributed by atoms with van der Waals surface area (Å²) in [6, 6.07) is -0.609. The van der Waals surface area contributed by atoms with E-state index in [1.807, 2.05) is 6.92 Å². The standard InChI is InChI=1S/C11H18N2O4/c1-4-13(3)10(15)6(2)12-9(14)7-5-8(7)11(16)17/h6-8H,4-5H2,1-3H3,(H,12,14)(H,16,17)/t6?,7-,8+/m1/s1. The fourth-order valence-corrected chi connectivity index (χ4v) is 1.63. The Morgan fingerprint density at radius 1 is 1.41 bits per heavy atom. The van der Waals surface area contributed by atoms with Gasteiger partial charge in [-0.3, -0.25) is 14.4 Å². The molecule has 17 heavy (non-hydrogen) atoms. The van der Waals surface area contributed by atoms with E-state index in [0.29, 0.717) is 13.0 Å². The molecule has 0 bridgehead atoms. The van der Waals surface area contributed by atoms with Gasteiger partial charge in [-0.15, -0.1) is 0 Å². The number of aliphatic carboxylic acids is 1. The predicted molar refractivity (Wildman–Crippen MR) is 60.1 cm³/mol. The lowest BCUT2D eigenvalue weighted by Crippen LogP contribution is -2.46. The van der Waals surface area contributed by atoms with Crippen molar-refractivity contribution < 1.29 is 19.5 Å². The highest BCUT2D eigenvalue weighted by Gasteiger charge is 2.48. The number of carbonyl (C=O) groups is 3. The average molecular weight is 242 g/mol. The van der Waals surface area contributed by atoms with E-state index in [-0.39, 0.29) is 11.8 Å². The molecular formula is C11H18N2O4. The number of nitrogens with zero attached hydrogens (tertiary/aromatic N) is 1. The van der Waals surface area contributed by atoms with E-state index < -0.39 is 23.8 Å². The molecule has 0 saturated heterocycles. The number of carboxylic acid groups (broad SMARTS) is 1. The van der Waals surface area contributed by atoms with Gasteiger partial charge in [-0.05, 0) is 20.3 Å². The largest absolute Gasteiger partial charge is 0.481 e. The van der Waals surface area contributed by atoms with Gasteiger partial charge in [0.05, 0.1) is 11.8 Å². The van der Waals surface area contributed by atoms with Gasteiger partial charge in [-0.2, -0.15) is 0 Å². The number of hydrogen-bond acceptors (Lipinski definition) is 3. The molecule has 1 rings (SSSR count). The highest BCUT2D eigenvalue weighted by Crippen LogP contribution is 2.38. The minimum atomic E-state index is -0.949. The van der Waals surface area contributed by atoms with E-state index in [1.165, 1.54) is 4.90 Å². The first-order valence-corrected chi connectivity index (χ1v) is 5.66.